The Balaban J connectivity index is 1.41. The first-order chi connectivity index (χ1) is 13.6. The lowest BCUT2D eigenvalue weighted by Crippen LogP contribution is -2.29. The third-order valence-electron chi connectivity index (χ3n) is 5.16. The largest absolute Gasteiger partial charge is 0.312 e. The van der Waals surface area contributed by atoms with Gasteiger partial charge in [-0.3, -0.25) is 9.59 Å². The molecule has 4 rings (SSSR count). The summed E-state index contributed by atoms with van der Waals surface area (Å²) in [5.74, 6) is 0.104. The zero-order valence-corrected chi connectivity index (χ0v) is 16.0. The molecular formula is C23H23N3O2. The number of fused-ring (bicyclic) bond motifs is 1. The van der Waals surface area contributed by atoms with Crippen LogP contribution in [0, 0.1) is 6.92 Å². The minimum atomic E-state index is -0.144. The van der Waals surface area contributed by atoms with E-state index < -0.39 is 0 Å². The Hall–Kier alpha value is -3.21. The van der Waals surface area contributed by atoms with E-state index in [0.717, 1.165) is 29.9 Å². The molecule has 0 atom stereocenters. The second-order valence-electron chi connectivity index (χ2n) is 7.17. The number of aryl methyl sites for hydroxylation is 2. The fourth-order valence-corrected chi connectivity index (χ4v) is 3.60. The first kappa shape index (κ1) is 18.2. The minimum absolute atomic E-state index is 0.104. The van der Waals surface area contributed by atoms with Crippen molar-refractivity contribution in [2.75, 3.05) is 11.4 Å². The first-order valence-electron chi connectivity index (χ1n) is 9.65. The van der Waals surface area contributed by atoms with Gasteiger partial charge in [0.2, 0.25) is 5.91 Å². The number of anilines is 1. The normalized spacial score (nSPS) is 12.8. The molecule has 3 aromatic rings. The zero-order chi connectivity index (χ0) is 19.5. The Morgan fingerprint density at radius 1 is 1.04 bits per heavy atom. The van der Waals surface area contributed by atoms with Crippen LogP contribution in [-0.2, 0) is 17.8 Å². The number of hydrogen-bond acceptors (Lipinski definition) is 3. The van der Waals surface area contributed by atoms with Gasteiger partial charge in [0.05, 0.1) is 5.69 Å². The number of benzene rings is 2. The monoisotopic (exact) mass is 373 g/mol. The molecule has 0 N–H and O–H groups in total. The zero-order valence-electron chi connectivity index (χ0n) is 16.0. The molecule has 1 amide bonds. The lowest BCUT2D eigenvalue weighted by atomic mass is 10.1. The van der Waals surface area contributed by atoms with Gasteiger partial charge >= 0.3 is 0 Å². The summed E-state index contributed by atoms with van der Waals surface area (Å²) in [5.41, 5.74) is 5.01. The summed E-state index contributed by atoms with van der Waals surface area (Å²) in [6.07, 6.45) is 1.89. The van der Waals surface area contributed by atoms with Crippen molar-refractivity contribution < 1.29 is 4.79 Å². The molecule has 5 nitrogen and oxygen atoms in total. The smallest absolute Gasteiger partial charge is 0.266 e. The minimum Gasteiger partial charge on any atom is -0.312 e. The average Bonchev–Trinajstić information content (AvgIpc) is 3.14. The Morgan fingerprint density at radius 3 is 2.64 bits per heavy atom. The van der Waals surface area contributed by atoms with Gasteiger partial charge in [-0.2, -0.15) is 5.10 Å². The van der Waals surface area contributed by atoms with Crippen LogP contribution in [0.5, 0.6) is 0 Å². The molecule has 1 aliphatic heterocycles. The number of hydrogen-bond donors (Lipinski definition) is 0. The predicted octanol–water partition coefficient (Wildman–Crippen LogP) is 3.59. The maximum Gasteiger partial charge on any atom is 0.266 e. The number of para-hydroxylation sites is 1. The van der Waals surface area contributed by atoms with Crippen molar-refractivity contribution in [3.63, 3.8) is 0 Å². The fraction of sp³-hybridized carbons (Fsp3) is 0.261. The predicted molar refractivity (Wildman–Crippen MR) is 110 cm³/mol. The lowest BCUT2D eigenvalue weighted by Gasteiger charge is -2.17. The van der Waals surface area contributed by atoms with Gasteiger partial charge in [-0.25, -0.2) is 4.68 Å². The van der Waals surface area contributed by atoms with E-state index in [4.69, 9.17) is 0 Å². The quantitative estimate of drug-likeness (QED) is 0.687. The molecule has 0 unspecified atom stereocenters. The van der Waals surface area contributed by atoms with E-state index in [-0.39, 0.29) is 11.5 Å². The van der Waals surface area contributed by atoms with Crippen LogP contribution in [0.2, 0.25) is 0 Å². The van der Waals surface area contributed by atoms with Crippen LogP contribution in [0.25, 0.3) is 11.3 Å². The second kappa shape index (κ2) is 7.80. The maximum atomic E-state index is 12.6. The summed E-state index contributed by atoms with van der Waals surface area (Å²) >= 11 is 0. The first-order valence-corrected chi connectivity index (χ1v) is 9.65. The number of rotatable bonds is 5. The van der Waals surface area contributed by atoms with Crippen molar-refractivity contribution in [1.29, 1.82) is 0 Å². The highest BCUT2D eigenvalue weighted by atomic mass is 16.2. The van der Waals surface area contributed by atoms with E-state index in [2.05, 4.69) is 11.2 Å². The van der Waals surface area contributed by atoms with Crippen molar-refractivity contribution >= 4 is 11.6 Å². The number of aromatic nitrogens is 2. The van der Waals surface area contributed by atoms with Gasteiger partial charge in [-0.1, -0.05) is 48.0 Å². The van der Waals surface area contributed by atoms with Crippen molar-refractivity contribution in [1.82, 2.24) is 9.78 Å². The fourth-order valence-electron chi connectivity index (χ4n) is 3.60. The molecule has 1 aromatic heterocycles. The van der Waals surface area contributed by atoms with Gasteiger partial charge in [0.1, 0.15) is 0 Å². The summed E-state index contributed by atoms with van der Waals surface area (Å²) < 4.78 is 1.46. The molecule has 0 bridgehead atoms. The molecule has 28 heavy (non-hydrogen) atoms. The van der Waals surface area contributed by atoms with Crippen LogP contribution in [0.1, 0.15) is 24.0 Å². The van der Waals surface area contributed by atoms with Gasteiger partial charge in [0.25, 0.3) is 5.56 Å². The third-order valence-corrected chi connectivity index (χ3v) is 5.16. The van der Waals surface area contributed by atoms with Crippen LogP contribution >= 0.6 is 0 Å². The van der Waals surface area contributed by atoms with Gasteiger partial charge in [-0.15, -0.1) is 0 Å². The highest BCUT2D eigenvalue weighted by Gasteiger charge is 2.23. The molecule has 5 heteroatoms. The molecular weight excluding hydrogens is 350 g/mol. The highest BCUT2D eigenvalue weighted by Crippen LogP contribution is 2.28. The molecule has 0 fully saturated rings. The van der Waals surface area contributed by atoms with Gasteiger partial charge in [0.15, 0.2) is 0 Å². The van der Waals surface area contributed by atoms with Gasteiger partial charge in [0, 0.05) is 36.8 Å². The van der Waals surface area contributed by atoms with Crippen molar-refractivity contribution in [2.45, 2.75) is 32.7 Å². The van der Waals surface area contributed by atoms with Crippen molar-refractivity contribution in [3.8, 4) is 11.3 Å². The molecule has 2 heterocycles. The summed E-state index contributed by atoms with van der Waals surface area (Å²) in [5, 5.41) is 4.48. The molecule has 0 saturated heterocycles. The Kier molecular flexibility index (Phi) is 5.06. The molecule has 0 radical (unpaired) electrons. The molecule has 0 spiro atoms. The summed E-state index contributed by atoms with van der Waals surface area (Å²) in [4.78, 5) is 26.6. The van der Waals surface area contributed by atoms with Crippen LogP contribution in [0.15, 0.2) is 65.5 Å². The summed E-state index contributed by atoms with van der Waals surface area (Å²) in [6, 6.07) is 19.4. The highest BCUT2D eigenvalue weighted by molar-refractivity contribution is 5.95. The van der Waals surface area contributed by atoms with E-state index in [1.165, 1.54) is 15.8 Å². The van der Waals surface area contributed by atoms with Crippen molar-refractivity contribution in [3.05, 3.63) is 82.1 Å². The van der Waals surface area contributed by atoms with E-state index in [1.807, 2.05) is 54.3 Å². The number of amides is 1. The van der Waals surface area contributed by atoms with Gasteiger partial charge in [-0.05, 0) is 37.5 Å². The summed E-state index contributed by atoms with van der Waals surface area (Å²) in [6.45, 7) is 3.20. The topological polar surface area (TPSA) is 55.2 Å². The SMILES string of the molecule is Cc1ccc(-c2ccc(=O)n(CCCC(=O)N3CCc4ccccc43)n2)cc1. The Bertz CT molecular complexity index is 1050. The standard InChI is InChI=1S/C23H23N3O2/c1-17-8-10-18(11-9-17)20-12-13-23(28)26(24-20)15-4-7-22(27)25-16-14-19-5-2-3-6-21(19)25/h2-3,5-6,8-13H,4,7,14-16H2,1H3. The van der Waals surface area contributed by atoms with Crippen LogP contribution in [0.4, 0.5) is 5.69 Å². The molecule has 142 valence electrons. The van der Waals surface area contributed by atoms with E-state index >= 15 is 0 Å². The van der Waals surface area contributed by atoms with E-state index in [1.54, 1.807) is 12.1 Å². The molecule has 1 aliphatic rings. The van der Waals surface area contributed by atoms with E-state index in [0.29, 0.717) is 19.4 Å². The number of nitrogens with zero attached hydrogens (tertiary/aromatic N) is 3. The average molecular weight is 373 g/mol. The van der Waals surface area contributed by atoms with Crippen LogP contribution < -0.4 is 10.5 Å². The van der Waals surface area contributed by atoms with Gasteiger partial charge < -0.3 is 4.90 Å². The van der Waals surface area contributed by atoms with Crippen LogP contribution in [-0.4, -0.2) is 22.2 Å². The molecule has 0 aliphatic carbocycles. The number of carbonyl (C=O) groups is 1. The van der Waals surface area contributed by atoms with Crippen LogP contribution in [0.3, 0.4) is 0 Å². The lowest BCUT2D eigenvalue weighted by molar-refractivity contribution is -0.118. The maximum absolute atomic E-state index is 12.6. The van der Waals surface area contributed by atoms with Crippen molar-refractivity contribution in [2.24, 2.45) is 0 Å². The second-order valence-corrected chi connectivity index (χ2v) is 7.17. The molecule has 0 saturated carbocycles. The van der Waals surface area contributed by atoms with E-state index in [9.17, 15) is 9.59 Å². The Labute approximate surface area is 164 Å². The third kappa shape index (κ3) is 3.74. The Morgan fingerprint density at radius 2 is 1.82 bits per heavy atom. The summed E-state index contributed by atoms with van der Waals surface area (Å²) in [7, 11) is 0. The molecule has 2 aromatic carbocycles. The number of carbonyl (C=O) groups excluding carboxylic acids is 1.